The lowest BCUT2D eigenvalue weighted by Crippen LogP contribution is -2.36. The second kappa shape index (κ2) is 6.68. The molecule has 4 heteroatoms. The van der Waals surface area contributed by atoms with Crippen molar-refractivity contribution in [1.29, 1.82) is 0 Å². The fourth-order valence-corrected chi connectivity index (χ4v) is 2.31. The van der Waals surface area contributed by atoms with E-state index >= 15 is 0 Å². The average Bonchev–Trinajstić information content (AvgIpc) is 2.48. The molecule has 1 atom stereocenters. The molecule has 1 unspecified atom stereocenters. The van der Waals surface area contributed by atoms with E-state index in [0.29, 0.717) is 5.56 Å². The molecule has 1 aromatic rings. The van der Waals surface area contributed by atoms with Crippen molar-refractivity contribution in [1.82, 2.24) is 0 Å². The zero-order valence-electron chi connectivity index (χ0n) is 11.5. The summed E-state index contributed by atoms with van der Waals surface area (Å²) in [4.78, 5) is 14.3. The van der Waals surface area contributed by atoms with Gasteiger partial charge in [0.1, 0.15) is 0 Å². The highest BCUT2D eigenvalue weighted by molar-refractivity contribution is 6.00. The fourth-order valence-electron chi connectivity index (χ4n) is 2.31. The third-order valence-corrected chi connectivity index (χ3v) is 3.46. The van der Waals surface area contributed by atoms with Crippen LogP contribution in [0.1, 0.15) is 30.1 Å². The molecule has 1 fully saturated rings. The Morgan fingerprint density at radius 3 is 2.53 bits per heavy atom. The normalized spacial score (nSPS) is 17.3. The third-order valence-electron chi connectivity index (χ3n) is 3.46. The van der Waals surface area contributed by atoms with Crippen LogP contribution in [0.5, 0.6) is 0 Å². The Kier molecular flexibility index (Phi) is 4.93. The van der Waals surface area contributed by atoms with Crippen molar-refractivity contribution in [3.05, 3.63) is 29.8 Å². The first-order valence-electron chi connectivity index (χ1n) is 6.95. The molecule has 1 heterocycles. The molecule has 1 aliphatic rings. The summed E-state index contributed by atoms with van der Waals surface area (Å²) in [5.74, 6) is 0.0374. The first kappa shape index (κ1) is 14.0. The average molecular weight is 262 g/mol. The van der Waals surface area contributed by atoms with E-state index in [2.05, 4.69) is 4.90 Å². The van der Waals surface area contributed by atoms with Crippen LogP contribution in [0.2, 0.25) is 0 Å². The van der Waals surface area contributed by atoms with E-state index in [-0.39, 0.29) is 11.8 Å². The van der Waals surface area contributed by atoms with E-state index in [1.54, 1.807) is 0 Å². The van der Waals surface area contributed by atoms with Gasteiger partial charge in [0, 0.05) is 24.3 Å². The Bertz CT molecular complexity index is 411. The van der Waals surface area contributed by atoms with Crippen LogP contribution in [-0.4, -0.2) is 38.1 Å². The van der Waals surface area contributed by atoms with Crippen molar-refractivity contribution in [2.75, 3.05) is 31.2 Å². The molecule has 0 bridgehead atoms. The predicted molar refractivity (Wildman–Crippen MR) is 76.7 cm³/mol. The Balaban J connectivity index is 2.03. The first-order valence-corrected chi connectivity index (χ1v) is 6.95. The maximum Gasteiger partial charge on any atom is 0.179 e. The molecular formula is C15H22N2O2. The molecule has 1 aliphatic heterocycles. The maximum absolute atomic E-state index is 12.1. The van der Waals surface area contributed by atoms with E-state index in [0.717, 1.165) is 44.8 Å². The van der Waals surface area contributed by atoms with Crippen LogP contribution < -0.4 is 10.6 Å². The van der Waals surface area contributed by atoms with E-state index in [1.165, 1.54) is 0 Å². The molecule has 2 N–H and O–H groups in total. The summed E-state index contributed by atoms with van der Waals surface area (Å²) in [6, 6.07) is 7.37. The van der Waals surface area contributed by atoms with Crippen LogP contribution in [0, 0.1) is 0 Å². The number of anilines is 1. The first-order chi connectivity index (χ1) is 9.22. The van der Waals surface area contributed by atoms with Gasteiger partial charge in [0.25, 0.3) is 0 Å². The number of carbonyl (C=O) groups excluding carboxylic acids is 1. The Morgan fingerprint density at radius 2 is 1.95 bits per heavy atom. The van der Waals surface area contributed by atoms with Gasteiger partial charge in [0.2, 0.25) is 0 Å². The second-order valence-corrected chi connectivity index (χ2v) is 4.91. The Labute approximate surface area is 114 Å². The molecule has 19 heavy (non-hydrogen) atoms. The summed E-state index contributed by atoms with van der Waals surface area (Å²) in [6.45, 7) is 5.38. The minimum absolute atomic E-state index is 0.0374. The van der Waals surface area contributed by atoms with Crippen LogP contribution in [0.15, 0.2) is 24.3 Å². The monoisotopic (exact) mass is 262 g/mol. The smallest absolute Gasteiger partial charge is 0.179 e. The molecule has 1 aromatic carbocycles. The molecule has 0 spiro atoms. The van der Waals surface area contributed by atoms with Crippen molar-refractivity contribution in [3.63, 3.8) is 0 Å². The van der Waals surface area contributed by atoms with E-state index in [1.807, 2.05) is 31.2 Å². The van der Waals surface area contributed by atoms with Crippen molar-refractivity contribution >= 4 is 11.5 Å². The number of rotatable bonds is 5. The second-order valence-electron chi connectivity index (χ2n) is 4.91. The molecule has 0 amide bonds. The fraction of sp³-hybridized carbons (Fsp3) is 0.533. The SMILES string of the molecule is CCCC(N)C(=O)c1ccc(N2CCOCC2)cc1. The van der Waals surface area contributed by atoms with Gasteiger partial charge in [0.05, 0.1) is 19.3 Å². The zero-order chi connectivity index (χ0) is 13.7. The van der Waals surface area contributed by atoms with Gasteiger partial charge in [0.15, 0.2) is 5.78 Å². The molecular weight excluding hydrogens is 240 g/mol. The molecule has 4 nitrogen and oxygen atoms in total. The standard InChI is InChI=1S/C15H22N2O2/c1-2-3-14(16)15(18)12-4-6-13(7-5-12)17-8-10-19-11-9-17/h4-7,14H,2-3,8-11,16H2,1H3. The van der Waals surface area contributed by atoms with Gasteiger partial charge in [-0.2, -0.15) is 0 Å². The van der Waals surface area contributed by atoms with E-state index < -0.39 is 0 Å². The molecule has 2 rings (SSSR count). The van der Waals surface area contributed by atoms with Crippen molar-refractivity contribution in [2.24, 2.45) is 5.73 Å². The number of Topliss-reactive ketones (excluding diaryl/α,β-unsaturated/α-hetero) is 1. The van der Waals surface area contributed by atoms with Crippen LogP contribution >= 0.6 is 0 Å². The predicted octanol–water partition coefficient (Wildman–Crippen LogP) is 1.83. The number of hydrogen-bond acceptors (Lipinski definition) is 4. The highest BCUT2D eigenvalue weighted by Gasteiger charge is 2.16. The Hall–Kier alpha value is -1.39. The molecule has 1 saturated heterocycles. The summed E-state index contributed by atoms with van der Waals surface area (Å²) in [5.41, 5.74) is 7.71. The van der Waals surface area contributed by atoms with Gasteiger partial charge in [-0.05, 0) is 30.7 Å². The lowest BCUT2D eigenvalue weighted by Gasteiger charge is -2.28. The molecule has 0 aromatic heterocycles. The minimum atomic E-state index is -0.376. The number of hydrogen-bond donors (Lipinski definition) is 1. The van der Waals surface area contributed by atoms with Gasteiger partial charge >= 0.3 is 0 Å². The number of carbonyl (C=O) groups is 1. The van der Waals surface area contributed by atoms with Crippen LogP contribution in [0.3, 0.4) is 0 Å². The lowest BCUT2D eigenvalue weighted by molar-refractivity contribution is 0.0956. The molecule has 0 saturated carbocycles. The third kappa shape index (κ3) is 3.55. The summed E-state index contributed by atoms with van der Waals surface area (Å²) < 4.78 is 5.33. The van der Waals surface area contributed by atoms with Gasteiger partial charge in [-0.15, -0.1) is 0 Å². The molecule has 0 radical (unpaired) electrons. The summed E-state index contributed by atoms with van der Waals surface area (Å²) in [5, 5.41) is 0. The van der Waals surface area contributed by atoms with E-state index in [4.69, 9.17) is 10.5 Å². The zero-order valence-corrected chi connectivity index (χ0v) is 11.5. The van der Waals surface area contributed by atoms with Gasteiger partial charge in [-0.25, -0.2) is 0 Å². The number of ether oxygens (including phenoxy) is 1. The van der Waals surface area contributed by atoms with Crippen molar-refractivity contribution in [3.8, 4) is 0 Å². The van der Waals surface area contributed by atoms with Crippen molar-refractivity contribution < 1.29 is 9.53 Å². The largest absolute Gasteiger partial charge is 0.378 e. The number of nitrogens with two attached hydrogens (primary N) is 1. The van der Waals surface area contributed by atoms with Gasteiger partial charge < -0.3 is 15.4 Å². The summed E-state index contributed by atoms with van der Waals surface area (Å²) in [6.07, 6.45) is 1.67. The van der Waals surface area contributed by atoms with Crippen LogP contribution in [0.25, 0.3) is 0 Å². The van der Waals surface area contributed by atoms with E-state index in [9.17, 15) is 4.79 Å². The van der Waals surface area contributed by atoms with Crippen LogP contribution in [0.4, 0.5) is 5.69 Å². The topological polar surface area (TPSA) is 55.6 Å². The van der Waals surface area contributed by atoms with Crippen molar-refractivity contribution in [2.45, 2.75) is 25.8 Å². The van der Waals surface area contributed by atoms with Gasteiger partial charge in [-0.1, -0.05) is 13.3 Å². The maximum atomic E-state index is 12.1. The molecule has 0 aliphatic carbocycles. The number of nitrogens with zero attached hydrogens (tertiary/aromatic N) is 1. The Morgan fingerprint density at radius 1 is 1.32 bits per heavy atom. The lowest BCUT2D eigenvalue weighted by atomic mass is 10.0. The summed E-state index contributed by atoms with van der Waals surface area (Å²) in [7, 11) is 0. The number of morpholine rings is 1. The minimum Gasteiger partial charge on any atom is -0.378 e. The highest BCUT2D eigenvalue weighted by atomic mass is 16.5. The number of benzene rings is 1. The molecule has 104 valence electrons. The highest BCUT2D eigenvalue weighted by Crippen LogP contribution is 2.17. The quantitative estimate of drug-likeness (QED) is 0.823. The summed E-state index contributed by atoms with van der Waals surface area (Å²) >= 11 is 0. The number of ketones is 1. The van der Waals surface area contributed by atoms with Gasteiger partial charge in [-0.3, -0.25) is 4.79 Å². The van der Waals surface area contributed by atoms with Crippen LogP contribution in [-0.2, 0) is 4.74 Å².